The van der Waals surface area contributed by atoms with Crippen LogP contribution < -0.4 is 4.74 Å². The highest BCUT2D eigenvalue weighted by molar-refractivity contribution is 6.30. The SMILES string of the molecule is [2H][13C]([2H])([2H])C(Oc1ccc(C(=O)c2ccc(Cl)cc2)cc1)(C(=O)O)[13C]([2H])([2H])[2H]. The van der Waals surface area contributed by atoms with Gasteiger partial charge in [-0.1, -0.05) is 11.6 Å². The largest absolute Gasteiger partial charge is 0.478 e. The molecule has 0 heterocycles. The van der Waals surface area contributed by atoms with E-state index in [9.17, 15) is 14.7 Å². The number of hydrogen-bond donors (Lipinski definition) is 1. The standard InChI is InChI=1S/C17H15ClO4/c1-17(2,16(20)21)22-14-9-5-12(6-10-14)15(19)11-3-7-13(18)8-4-11/h3-10H,1-2H3,(H,20,21)/i1+1D3,2+1D3. The average Bonchev–Trinajstić information content (AvgIpc) is 2.57. The lowest BCUT2D eigenvalue weighted by atomic mass is 10.0. The second-order valence-corrected chi connectivity index (χ2v) is 4.89. The number of ether oxygens (including phenoxy) is 1. The van der Waals surface area contributed by atoms with Crippen LogP contribution in [-0.2, 0) is 4.79 Å². The number of hydrogen-bond acceptors (Lipinski definition) is 3. The molecule has 0 atom stereocenters. The van der Waals surface area contributed by atoms with Gasteiger partial charge in [0.2, 0.25) is 0 Å². The summed E-state index contributed by atoms with van der Waals surface area (Å²) in [5, 5.41) is 9.82. The van der Waals surface area contributed by atoms with E-state index in [-0.39, 0.29) is 17.1 Å². The molecule has 4 nitrogen and oxygen atoms in total. The van der Waals surface area contributed by atoms with Crippen LogP contribution in [0.4, 0.5) is 0 Å². The van der Waals surface area contributed by atoms with Crippen LogP contribution in [0, 0.1) is 0 Å². The fraction of sp³-hybridized carbons (Fsp3) is 0.176. The van der Waals surface area contributed by atoms with Crippen molar-refractivity contribution in [2.45, 2.75) is 19.3 Å². The van der Waals surface area contributed by atoms with Crippen LogP contribution in [0.5, 0.6) is 5.75 Å². The molecule has 0 unspecified atom stereocenters. The van der Waals surface area contributed by atoms with Crippen molar-refractivity contribution >= 4 is 23.4 Å². The maximum absolute atomic E-state index is 12.4. The monoisotopic (exact) mass is 326 g/mol. The minimum atomic E-state index is -3.48. The summed E-state index contributed by atoms with van der Waals surface area (Å²) in [6, 6.07) is 11.0. The number of carboxylic acid groups (broad SMARTS) is 1. The van der Waals surface area contributed by atoms with E-state index < -0.39 is 25.3 Å². The molecule has 0 fully saturated rings. The van der Waals surface area contributed by atoms with Gasteiger partial charge < -0.3 is 9.84 Å². The third-order valence-electron chi connectivity index (χ3n) is 2.80. The molecule has 0 saturated heterocycles. The van der Waals surface area contributed by atoms with E-state index in [2.05, 4.69) is 0 Å². The minimum absolute atomic E-state index is 0.207. The predicted octanol–water partition coefficient (Wildman–Crippen LogP) is 3.81. The third-order valence-corrected chi connectivity index (χ3v) is 3.05. The molecular formula is C17H15ClO4. The van der Waals surface area contributed by atoms with Crippen LogP contribution in [-0.4, -0.2) is 22.5 Å². The quantitative estimate of drug-likeness (QED) is 0.670. The molecule has 0 saturated carbocycles. The Labute approximate surface area is 141 Å². The summed E-state index contributed by atoms with van der Waals surface area (Å²) >= 11 is 5.78. The molecule has 0 aliphatic carbocycles. The first-order chi connectivity index (χ1) is 12.8. The summed E-state index contributed by atoms with van der Waals surface area (Å²) in [4.78, 5) is 24.0. The van der Waals surface area contributed by atoms with Gasteiger partial charge in [0.25, 0.3) is 0 Å². The van der Waals surface area contributed by atoms with Gasteiger partial charge in [0.05, 0.1) is 0 Å². The molecule has 0 aliphatic rings. The summed E-state index contributed by atoms with van der Waals surface area (Å²) in [5.74, 6) is -2.82. The van der Waals surface area contributed by atoms with Crippen molar-refractivity contribution in [1.82, 2.24) is 0 Å². The van der Waals surface area contributed by atoms with Gasteiger partial charge in [-0.15, -0.1) is 0 Å². The fourth-order valence-corrected chi connectivity index (χ4v) is 1.79. The average molecular weight is 327 g/mol. The van der Waals surface area contributed by atoms with Gasteiger partial charge in [0.1, 0.15) is 5.75 Å². The molecule has 2 rings (SSSR count). The summed E-state index contributed by atoms with van der Waals surface area (Å²) in [7, 11) is 0. The maximum atomic E-state index is 12.4. The highest BCUT2D eigenvalue weighted by Crippen LogP contribution is 2.21. The molecule has 0 spiro atoms. The van der Waals surface area contributed by atoms with Crippen LogP contribution in [0.1, 0.15) is 37.8 Å². The van der Waals surface area contributed by atoms with Crippen molar-refractivity contribution in [3.63, 3.8) is 0 Å². The van der Waals surface area contributed by atoms with Crippen molar-refractivity contribution in [2.24, 2.45) is 0 Å². The smallest absolute Gasteiger partial charge is 0.347 e. The van der Waals surface area contributed by atoms with E-state index in [0.29, 0.717) is 10.6 Å². The van der Waals surface area contributed by atoms with Crippen molar-refractivity contribution in [1.29, 1.82) is 0 Å². The molecule has 0 bridgehead atoms. The van der Waals surface area contributed by atoms with Crippen LogP contribution in [0.25, 0.3) is 0 Å². The van der Waals surface area contributed by atoms with E-state index in [1.54, 1.807) is 12.1 Å². The number of carbonyl (C=O) groups is 2. The molecular weight excluding hydrogens is 306 g/mol. The molecule has 0 radical (unpaired) electrons. The van der Waals surface area contributed by atoms with Crippen LogP contribution in [0.3, 0.4) is 0 Å². The molecule has 0 aromatic heterocycles. The third kappa shape index (κ3) is 3.65. The molecule has 2 aromatic rings. The Bertz CT molecular complexity index is 859. The number of carbonyl (C=O) groups excluding carboxylic acids is 1. The first-order valence-electron chi connectivity index (χ1n) is 9.12. The van der Waals surface area contributed by atoms with E-state index in [1.165, 1.54) is 24.3 Å². The Morgan fingerprint density at radius 2 is 1.55 bits per heavy atom. The fourth-order valence-electron chi connectivity index (χ4n) is 1.66. The van der Waals surface area contributed by atoms with E-state index in [4.69, 9.17) is 24.6 Å². The second kappa shape index (κ2) is 6.20. The van der Waals surface area contributed by atoms with Crippen molar-refractivity contribution in [2.75, 3.05) is 0 Å². The lowest BCUT2D eigenvalue weighted by Gasteiger charge is -2.21. The van der Waals surface area contributed by atoms with E-state index in [0.717, 1.165) is 12.1 Å². The maximum Gasteiger partial charge on any atom is 0.347 e. The molecule has 114 valence electrons. The molecule has 1 N–H and O–H groups in total. The van der Waals surface area contributed by atoms with Crippen LogP contribution >= 0.6 is 11.6 Å². The zero-order valence-corrected chi connectivity index (χ0v) is 11.9. The van der Waals surface area contributed by atoms with Gasteiger partial charge in [-0.3, -0.25) is 4.79 Å². The molecule has 2 aromatic carbocycles. The van der Waals surface area contributed by atoms with Gasteiger partial charge in [-0.05, 0) is 62.2 Å². The first-order valence-corrected chi connectivity index (χ1v) is 6.50. The van der Waals surface area contributed by atoms with Gasteiger partial charge in [0, 0.05) is 24.4 Å². The Morgan fingerprint density at radius 1 is 1.05 bits per heavy atom. The predicted molar refractivity (Wildman–Crippen MR) is 83.7 cm³/mol. The number of halogens is 1. The van der Waals surface area contributed by atoms with Crippen molar-refractivity contribution in [3.8, 4) is 5.75 Å². The van der Waals surface area contributed by atoms with Gasteiger partial charge >= 0.3 is 5.97 Å². The lowest BCUT2D eigenvalue weighted by Crippen LogP contribution is -2.37. The zero-order chi connectivity index (χ0) is 21.3. The van der Waals surface area contributed by atoms with Gasteiger partial charge in [0.15, 0.2) is 11.4 Å². The van der Waals surface area contributed by atoms with Crippen molar-refractivity contribution in [3.05, 3.63) is 64.7 Å². The number of rotatable bonds is 5. The van der Waals surface area contributed by atoms with E-state index >= 15 is 0 Å². The lowest BCUT2D eigenvalue weighted by molar-refractivity contribution is -0.152. The topological polar surface area (TPSA) is 63.6 Å². The van der Waals surface area contributed by atoms with Gasteiger partial charge in [-0.2, -0.15) is 0 Å². The van der Waals surface area contributed by atoms with Crippen LogP contribution in [0.2, 0.25) is 5.02 Å². The number of aliphatic carboxylic acids is 1. The molecule has 5 heteroatoms. The summed E-state index contributed by atoms with van der Waals surface area (Å²) in [5.41, 5.74) is -2.90. The van der Waals surface area contributed by atoms with Crippen molar-refractivity contribution < 1.29 is 27.7 Å². The van der Waals surface area contributed by atoms with Gasteiger partial charge in [-0.25, -0.2) is 4.79 Å². The Morgan fingerprint density at radius 3 is 2.00 bits per heavy atom. The normalized spacial score (nSPS) is 16.2. The highest BCUT2D eigenvalue weighted by atomic mass is 35.5. The Kier molecular flexibility index (Phi) is 2.72. The number of carboxylic acids is 1. The second-order valence-electron chi connectivity index (χ2n) is 4.45. The van der Waals surface area contributed by atoms with Crippen LogP contribution in [0.15, 0.2) is 48.5 Å². The molecule has 0 aliphatic heterocycles. The number of benzene rings is 2. The molecule has 0 amide bonds. The summed E-state index contributed by atoms with van der Waals surface area (Å²) < 4.78 is 49.5. The minimum Gasteiger partial charge on any atom is -0.478 e. The Hall–Kier alpha value is -2.33. The summed E-state index contributed by atoms with van der Waals surface area (Å²) in [6.45, 7) is -6.97. The van der Waals surface area contributed by atoms with E-state index in [1.807, 2.05) is 0 Å². The zero-order valence-electron chi connectivity index (χ0n) is 17.2. The highest BCUT2D eigenvalue weighted by Gasteiger charge is 2.29. The number of ketones is 1. The summed E-state index contributed by atoms with van der Waals surface area (Å²) in [6.07, 6.45) is 0. The first kappa shape index (κ1) is 9.64. The molecule has 22 heavy (non-hydrogen) atoms. The Balaban J connectivity index is 2.37.